The number of piperazine rings is 1. The summed E-state index contributed by atoms with van der Waals surface area (Å²) < 4.78 is 6.17. The number of thiophene rings is 2. The fourth-order valence-corrected chi connectivity index (χ4v) is 5.71. The van der Waals surface area contributed by atoms with E-state index >= 15 is 0 Å². The van der Waals surface area contributed by atoms with Gasteiger partial charge in [-0.3, -0.25) is 9.69 Å². The first-order chi connectivity index (χ1) is 13.7. The SMILES string of the molecule is O=C(CSCc1ccc(Cl)s1)N1CCN(Cc2nc(-c3cccs3)no2)CC1. The average molecular weight is 455 g/mol. The number of amides is 1. The third kappa shape index (κ3) is 5.15. The molecular weight excluding hydrogens is 436 g/mol. The molecule has 3 aromatic heterocycles. The Bertz CT molecular complexity index is 904. The molecule has 0 spiro atoms. The van der Waals surface area contributed by atoms with Gasteiger partial charge in [-0.05, 0) is 23.6 Å². The molecule has 0 aliphatic carbocycles. The van der Waals surface area contributed by atoms with Crippen molar-refractivity contribution in [1.29, 1.82) is 0 Å². The average Bonchev–Trinajstić information content (AvgIpc) is 3.44. The van der Waals surface area contributed by atoms with Gasteiger partial charge in [0.15, 0.2) is 0 Å². The van der Waals surface area contributed by atoms with Gasteiger partial charge in [0.05, 0.1) is 21.5 Å². The van der Waals surface area contributed by atoms with Crippen LogP contribution in [0.2, 0.25) is 4.34 Å². The molecule has 10 heteroatoms. The highest BCUT2D eigenvalue weighted by molar-refractivity contribution is 7.99. The predicted molar refractivity (Wildman–Crippen MR) is 115 cm³/mol. The van der Waals surface area contributed by atoms with Crippen molar-refractivity contribution in [3.63, 3.8) is 0 Å². The second kappa shape index (κ2) is 9.41. The molecule has 148 valence electrons. The summed E-state index contributed by atoms with van der Waals surface area (Å²) in [5.41, 5.74) is 0. The van der Waals surface area contributed by atoms with E-state index in [1.165, 1.54) is 4.88 Å². The van der Waals surface area contributed by atoms with Crippen LogP contribution in [0.4, 0.5) is 0 Å². The van der Waals surface area contributed by atoms with E-state index in [0.717, 1.165) is 41.1 Å². The molecule has 1 aliphatic rings. The number of rotatable bonds is 7. The van der Waals surface area contributed by atoms with Gasteiger partial charge in [0.2, 0.25) is 17.6 Å². The van der Waals surface area contributed by atoms with Gasteiger partial charge in [-0.25, -0.2) is 0 Å². The van der Waals surface area contributed by atoms with Crippen LogP contribution in [0.25, 0.3) is 10.7 Å². The van der Waals surface area contributed by atoms with Crippen molar-refractivity contribution in [3.8, 4) is 10.7 Å². The zero-order valence-electron chi connectivity index (χ0n) is 15.0. The van der Waals surface area contributed by atoms with Gasteiger partial charge in [0.25, 0.3) is 0 Å². The second-order valence-electron chi connectivity index (χ2n) is 6.34. The Labute approximate surface area is 180 Å². The largest absolute Gasteiger partial charge is 0.339 e. The highest BCUT2D eigenvalue weighted by Crippen LogP contribution is 2.25. The molecule has 28 heavy (non-hydrogen) atoms. The summed E-state index contributed by atoms with van der Waals surface area (Å²) in [6, 6.07) is 7.87. The van der Waals surface area contributed by atoms with Crippen LogP contribution in [0, 0.1) is 0 Å². The summed E-state index contributed by atoms with van der Waals surface area (Å²) in [5, 5.41) is 6.05. The topological polar surface area (TPSA) is 62.5 Å². The van der Waals surface area contributed by atoms with E-state index in [4.69, 9.17) is 16.1 Å². The molecule has 3 aromatic rings. The number of carbonyl (C=O) groups excluding carboxylic acids is 1. The van der Waals surface area contributed by atoms with Gasteiger partial charge in [-0.2, -0.15) is 4.98 Å². The fourth-order valence-electron chi connectivity index (χ4n) is 2.93. The molecule has 6 nitrogen and oxygen atoms in total. The van der Waals surface area contributed by atoms with Crippen molar-refractivity contribution in [3.05, 3.63) is 44.7 Å². The Kier molecular flexibility index (Phi) is 6.69. The Hall–Kier alpha value is -1.39. The minimum atomic E-state index is 0.199. The molecule has 1 amide bonds. The molecule has 4 heterocycles. The van der Waals surface area contributed by atoms with Crippen LogP contribution in [-0.2, 0) is 17.1 Å². The highest BCUT2D eigenvalue weighted by atomic mass is 35.5. The highest BCUT2D eigenvalue weighted by Gasteiger charge is 2.22. The van der Waals surface area contributed by atoms with E-state index in [-0.39, 0.29) is 5.91 Å². The number of hydrogen-bond acceptors (Lipinski definition) is 8. The van der Waals surface area contributed by atoms with E-state index in [0.29, 0.717) is 24.0 Å². The van der Waals surface area contributed by atoms with Crippen LogP contribution < -0.4 is 0 Å². The summed E-state index contributed by atoms with van der Waals surface area (Å²) in [6.07, 6.45) is 0. The third-order valence-electron chi connectivity index (χ3n) is 4.39. The Morgan fingerprint density at radius 3 is 2.82 bits per heavy atom. The lowest BCUT2D eigenvalue weighted by Crippen LogP contribution is -2.48. The zero-order chi connectivity index (χ0) is 19.3. The molecule has 4 rings (SSSR count). The van der Waals surface area contributed by atoms with E-state index < -0.39 is 0 Å². The summed E-state index contributed by atoms with van der Waals surface area (Å²) in [4.78, 5) is 23.3. The van der Waals surface area contributed by atoms with E-state index in [1.807, 2.05) is 34.5 Å². The summed E-state index contributed by atoms with van der Waals surface area (Å²) >= 11 is 10.7. The zero-order valence-corrected chi connectivity index (χ0v) is 18.2. The lowest BCUT2D eigenvalue weighted by atomic mass is 10.3. The van der Waals surface area contributed by atoms with Crippen molar-refractivity contribution in [2.24, 2.45) is 0 Å². The van der Waals surface area contributed by atoms with E-state index in [9.17, 15) is 4.79 Å². The lowest BCUT2D eigenvalue weighted by molar-refractivity contribution is -0.130. The minimum Gasteiger partial charge on any atom is -0.339 e. The van der Waals surface area contributed by atoms with Crippen LogP contribution in [0.1, 0.15) is 10.8 Å². The summed E-state index contributed by atoms with van der Waals surface area (Å²) in [5.74, 6) is 2.79. The number of thioether (sulfide) groups is 1. The fraction of sp³-hybridized carbons (Fsp3) is 0.389. The smallest absolute Gasteiger partial charge is 0.241 e. The molecule has 0 radical (unpaired) electrons. The normalized spacial score (nSPS) is 15.2. The maximum Gasteiger partial charge on any atom is 0.241 e. The molecule has 1 saturated heterocycles. The lowest BCUT2D eigenvalue weighted by Gasteiger charge is -2.33. The van der Waals surface area contributed by atoms with Gasteiger partial charge >= 0.3 is 0 Å². The molecule has 1 fully saturated rings. The Morgan fingerprint density at radius 1 is 1.25 bits per heavy atom. The summed E-state index contributed by atoms with van der Waals surface area (Å²) in [7, 11) is 0. The monoisotopic (exact) mass is 454 g/mol. The Balaban J connectivity index is 1.19. The summed E-state index contributed by atoms with van der Waals surface area (Å²) in [6.45, 7) is 3.71. The van der Waals surface area contributed by atoms with Crippen molar-refractivity contribution < 1.29 is 9.32 Å². The number of hydrogen-bond donors (Lipinski definition) is 0. The van der Waals surface area contributed by atoms with Crippen molar-refractivity contribution in [2.75, 3.05) is 31.9 Å². The first kappa shape index (κ1) is 19.9. The molecule has 0 N–H and O–H groups in total. The molecule has 0 saturated carbocycles. The number of aromatic nitrogens is 2. The first-order valence-electron chi connectivity index (χ1n) is 8.86. The number of carbonyl (C=O) groups is 1. The predicted octanol–water partition coefficient (Wildman–Crippen LogP) is 4.09. The quantitative estimate of drug-likeness (QED) is 0.535. The van der Waals surface area contributed by atoms with Gasteiger partial charge in [0, 0.05) is 36.8 Å². The number of halogens is 1. The molecule has 1 aliphatic heterocycles. The van der Waals surface area contributed by atoms with Crippen molar-refractivity contribution in [1.82, 2.24) is 19.9 Å². The maximum atomic E-state index is 12.4. The van der Waals surface area contributed by atoms with Crippen LogP contribution in [0.3, 0.4) is 0 Å². The van der Waals surface area contributed by atoms with Gasteiger partial charge in [-0.15, -0.1) is 34.4 Å². The van der Waals surface area contributed by atoms with E-state index in [1.54, 1.807) is 34.4 Å². The Morgan fingerprint density at radius 2 is 2.11 bits per heavy atom. The number of nitrogens with zero attached hydrogens (tertiary/aromatic N) is 4. The van der Waals surface area contributed by atoms with Gasteiger partial charge in [-0.1, -0.05) is 22.8 Å². The van der Waals surface area contributed by atoms with Crippen LogP contribution in [0.5, 0.6) is 0 Å². The minimum absolute atomic E-state index is 0.199. The third-order valence-corrected chi connectivity index (χ3v) is 7.64. The molecular formula is C18H19ClN4O2S3. The maximum absolute atomic E-state index is 12.4. The van der Waals surface area contributed by atoms with Crippen LogP contribution in [-0.4, -0.2) is 57.8 Å². The molecule has 0 unspecified atom stereocenters. The van der Waals surface area contributed by atoms with Crippen LogP contribution >= 0.6 is 46.0 Å². The van der Waals surface area contributed by atoms with Crippen molar-refractivity contribution in [2.45, 2.75) is 12.3 Å². The van der Waals surface area contributed by atoms with E-state index in [2.05, 4.69) is 15.0 Å². The second-order valence-corrected chi connectivity index (χ2v) is 10.1. The van der Waals surface area contributed by atoms with Crippen LogP contribution in [0.15, 0.2) is 34.2 Å². The van der Waals surface area contributed by atoms with Gasteiger partial charge in [0.1, 0.15) is 0 Å². The first-order valence-corrected chi connectivity index (χ1v) is 12.1. The standard InChI is InChI=1S/C18H19ClN4O2S3/c19-15-4-3-13(28-15)11-26-12-17(24)23-7-5-22(6-8-23)10-16-20-18(21-25-16)14-2-1-9-27-14/h1-4,9H,5-8,10-12H2. The molecule has 0 atom stereocenters. The van der Waals surface area contributed by atoms with Gasteiger partial charge < -0.3 is 9.42 Å². The molecule has 0 bridgehead atoms. The molecule has 0 aromatic carbocycles. The van der Waals surface area contributed by atoms with Crippen molar-refractivity contribution >= 4 is 51.9 Å².